The molecule has 2 atom stereocenters. The highest BCUT2D eigenvalue weighted by Gasteiger charge is 2.43. The van der Waals surface area contributed by atoms with Gasteiger partial charge in [-0.3, -0.25) is 14.4 Å². The minimum atomic E-state index is -1.12. The second-order valence-electron chi connectivity index (χ2n) is 7.02. The predicted molar refractivity (Wildman–Crippen MR) is 107 cm³/mol. The number of thioether (sulfide) groups is 1. The Labute approximate surface area is 168 Å². The zero-order valence-electron chi connectivity index (χ0n) is 16.1. The van der Waals surface area contributed by atoms with Crippen molar-refractivity contribution >= 4 is 29.4 Å². The fraction of sp³-hybridized carbons (Fsp3) is 0.476. The van der Waals surface area contributed by atoms with Crippen LogP contribution in [-0.4, -0.2) is 58.6 Å². The van der Waals surface area contributed by atoms with E-state index < -0.39 is 17.8 Å². The number of hydrogen-bond donors (Lipinski definition) is 1. The average Bonchev–Trinajstić information content (AvgIpc) is 3.29. The number of carboxylic acids is 1. The quantitative estimate of drug-likeness (QED) is 0.672. The Morgan fingerprint density at radius 1 is 1.29 bits per heavy atom. The zero-order chi connectivity index (χ0) is 20.3. The standard InChI is InChI=1S/C21H25NO5S/c1-3-13-6-8-14(9-7-13)19(25)18-16(11-17(23)24)20(26)22(21(18)28-2)12-15-5-4-10-27-15/h6-9,15,21H,3-5,10-12H2,1-2H3,(H,23,24)/t15-,21+/m1/s1. The van der Waals surface area contributed by atoms with Crippen LogP contribution in [0.5, 0.6) is 0 Å². The third-order valence-corrected chi connectivity index (χ3v) is 6.16. The van der Waals surface area contributed by atoms with E-state index in [4.69, 9.17) is 4.74 Å². The second kappa shape index (κ2) is 8.92. The minimum Gasteiger partial charge on any atom is -0.481 e. The van der Waals surface area contributed by atoms with E-state index in [0.717, 1.165) is 24.8 Å². The van der Waals surface area contributed by atoms with E-state index in [1.54, 1.807) is 17.0 Å². The lowest BCUT2D eigenvalue weighted by molar-refractivity contribution is -0.137. The van der Waals surface area contributed by atoms with E-state index in [-0.39, 0.29) is 23.4 Å². The van der Waals surface area contributed by atoms with Crippen molar-refractivity contribution in [3.05, 3.63) is 46.5 Å². The van der Waals surface area contributed by atoms with Gasteiger partial charge in [-0.2, -0.15) is 0 Å². The van der Waals surface area contributed by atoms with Crippen LogP contribution in [0.15, 0.2) is 35.4 Å². The van der Waals surface area contributed by atoms with Crippen LogP contribution in [0.25, 0.3) is 0 Å². The molecule has 150 valence electrons. The normalized spacial score (nSPS) is 22.2. The maximum Gasteiger partial charge on any atom is 0.308 e. The molecule has 2 aliphatic heterocycles. The summed E-state index contributed by atoms with van der Waals surface area (Å²) in [5.41, 5.74) is 1.97. The molecule has 0 spiro atoms. The number of ketones is 1. The van der Waals surface area contributed by atoms with Crippen molar-refractivity contribution in [1.29, 1.82) is 0 Å². The average molecular weight is 404 g/mol. The summed E-state index contributed by atoms with van der Waals surface area (Å²) >= 11 is 1.38. The molecule has 1 amide bonds. The summed E-state index contributed by atoms with van der Waals surface area (Å²) in [6, 6.07) is 7.27. The van der Waals surface area contributed by atoms with Gasteiger partial charge in [-0.05, 0) is 31.1 Å². The van der Waals surface area contributed by atoms with E-state index in [1.807, 2.05) is 25.3 Å². The first-order valence-electron chi connectivity index (χ1n) is 9.50. The van der Waals surface area contributed by atoms with Gasteiger partial charge in [0, 0.05) is 29.9 Å². The Bertz CT molecular complexity index is 796. The highest BCUT2D eigenvalue weighted by atomic mass is 32.2. The minimum absolute atomic E-state index is 0.0667. The zero-order valence-corrected chi connectivity index (χ0v) is 17.0. The Balaban J connectivity index is 1.95. The molecule has 3 rings (SSSR count). The molecule has 1 saturated heterocycles. The molecule has 0 aromatic heterocycles. The largest absolute Gasteiger partial charge is 0.481 e. The first-order valence-corrected chi connectivity index (χ1v) is 10.8. The van der Waals surface area contributed by atoms with Crippen LogP contribution in [0, 0.1) is 0 Å². The lowest BCUT2D eigenvalue weighted by Crippen LogP contribution is -2.40. The van der Waals surface area contributed by atoms with Gasteiger partial charge in [0.2, 0.25) is 0 Å². The second-order valence-corrected chi connectivity index (χ2v) is 7.94. The molecule has 0 radical (unpaired) electrons. The number of nitrogens with zero attached hydrogens (tertiary/aromatic N) is 1. The van der Waals surface area contributed by atoms with Crippen LogP contribution >= 0.6 is 11.8 Å². The third kappa shape index (κ3) is 4.15. The van der Waals surface area contributed by atoms with Crippen LogP contribution < -0.4 is 0 Å². The Kier molecular flexibility index (Phi) is 6.57. The summed E-state index contributed by atoms with van der Waals surface area (Å²) in [6.45, 7) is 3.08. The van der Waals surface area contributed by atoms with Gasteiger partial charge in [-0.1, -0.05) is 31.2 Å². The molecule has 0 aliphatic carbocycles. The molecule has 0 unspecified atom stereocenters. The highest BCUT2D eigenvalue weighted by Crippen LogP contribution is 2.37. The topological polar surface area (TPSA) is 83.9 Å². The van der Waals surface area contributed by atoms with Gasteiger partial charge in [0.15, 0.2) is 5.78 Å². The first-order chi connectivity index (χ1) is 13.5. The molecule has 1 fully saturated rings. The van der Waals surface area contributed by atoms with Crippen LogP contribution in [0.3, 0.4) is 0 Å². The number of hydrogen-bond acceptors (Lipinski definition) is 5. The molecule has 7 heteroatoms. The molecule has 0 saturated carbocycles. The summed E-state index contributed by atoms with van der Waals surface area (Å²) in [5, 5.41) is 8.82. The fourth-order valence-electron chi connectivity index (χ4n) is 3.75. The van der Waals surface area contributed by atoms with Crippen molar-refractivity contribution in [2.75, 3.05) is 19.4 Å². The van der Waals surface area contributed by atoms with Gasteiger partial charge < -0.3 is 14.7 Å². The summed E-state index contributed by atoms with van der Waals surface area (Å²) < 4.78 is 5.66. The number of carbonyl (C=O) groups is 3. The van der Waals surface area contributed by atoms with Gasteiger partial charge in [0.05, 0.1) is 12.5 Å². The van der Waals surface area contributed by atoms with Gasteiger partial charge in [0.1, 0.15) is 5.37 Å². The van der Waals surface area contributed by atoms with Gasteiger partial charge in [0.25, 0.3) is 5.91 Å². The van der Waals surface area contributed by atoms with Crippen molar-refractivity contribution in [3.8, 4) is 0 Å². The van der Waals surface area contributed by atoms with E-state index in [9.17, 15) is 19.5 Å². The van der Waals surface area contributed by atoms with E-state index in [2.05, 4.69) is 0 Å². The number of carbonyl (C=O) groups excluding carboxylic acids is 2. The SMILES string of the molecule is CCc1ccc(C(=O)C2=C(CC(=O)O)C(=O)N(C[C@H]3CCCO3)[C@H]2SC)cc1. The molecular formula is C21H25NO5S. The monoisotopic (exact) mass is 403 g/mol. The van der Waals surface area contributed by atoms with Crippen molar-refractivity contribution in [2.24, 2.45) is 0 Å². The number of amides is 1. The van der Waals surface area contributed by atoms with Crippen molar-refractivity contribution in [3.63, 3.8) is 0 Å². The summed E-state index contributed by atoms with van der Waals surface area (Å²) in [6.07, 6.45) is 3.98. The van der Waals surface area contributed by atoms with Crippen LogP contribution in [0.4, 0.5) is 0 Å². The molecule has 1 aromatic rings. The van der Waals surface area contributed by atoms with Crippen molar-refractivity contribution < 1.29 is 24.2 Å². The summed E-state index contributed by atoms with van der Waals surface area (Å²) in [4.78, 5) is 39.3. The lowest BCUT2D eigenvalue weighted by atomic mass is 9.97. The molecule has 28 heavy (non-hydrogen) atoms. The van der Waals surface area contributed by atoms with E-state index in [0.29, 0.717) is 24.3 Å². The van der Waals surface area contributed by atoms with Crippen LogP contribution in [0.2, 0.25) is 0 Å². The lowest BCUT2D eigenvalue weighted by Gasteiger charge is -2.27. The van der Waals surface area contributed by atoms with Gasteiger partial charge in [-0.25, -0.2) is 0 Å². The maximum atomic E-state index is 13.3. The smallest absolute Gasteiger partial charge is 0.308 e. The molecule has 2 aliphatic rings. The molecule has 1 aromatic carbocycles. The fourth-order valence-corrected chi connectivity index (χ4v) is 4.67. The van der Waals surface area contributed by atoms with Crippen LogP contribution in [0.1, 0.15) is 42.1 Å². The molecule has 1 N–H and O–H groups in total. The Morgan fingerprint density at radius 3 is 2.54 bits per heavy atom. The first kappa shape index (κ1) is 20.6. The molecule has 2 heterocycles. The highest BCUT2D eigenvalue weighted by molar-refractivity contribution is 7.99. The van der Waals surface area contributed by atoms with Crippen molar-refractivity contribution in [1.82, 2.24) is 4.90 Å². The number of benzene rings is 1. The third-order valence-electron chi connectivity index (χ3n) is 5.22. The summed E-state index contributed by atoms with van der Waals surface area (Å²) in [5.74, 6) is -1.76. The number of aliphatic carboxylic acids is 1. The van der Waals surface area contributed by atoms with Gasteiger partial charge in [-0.15, -0.1) is 11.8 Å². The maximum absolute atomic E-state index is 13.3. The molecule has 6 nitrogen and oxygen atoms in total. The number of aryl methyl sites for hydroxylation is 1. The van der Waals surface area contributed by atoms with E-state index in [1.165, 1.54) is 11.8 Å². The van der Waals surface area contributed by atoms with Gasteiger partial charge >= 0.3 is 5.97 Å². The predicted octanol–water partition coefficient (Wildman–Crippen LogP) is 2.91. The van der Waals surface area contributed by atoms with Crippen molar-refractivity contribution in [2.45, 2.75) is 44.1 Å². The molecule has 0 bridgehead atoms. The summed E-state index contributed by atoms with van der Waals surface area (Å²) in [7, 11) is 0. The Morgan fingerprint density at radius 2 is 2.00 bits per heavy atom. The number of Topliss-reactive ketones (excluding diaryl/α,β-unsaturated/α-hetero) is 1. The Hall–Kier alpha value is -2.12. The van der Waals surface area contributed by atoms with E-state index >= 15 is 0 Å². The number of rotatable bonds is 8. The van der Waals surface area contributed by atoms with Crippen LogP contribution in [-0.2, 0) is 20.7 Å². The number of ether oxygens (including phenoxy) is 1. The molecular weight excluding hydrogens is 378 g/mol. The number of carboxylic acid groups (broad SMARTS) is 1.